The highest BCUT2D eigenvalue weighted by Crippen LogP contribution is 2.22. The van der Waals surface area contributed by atoms with Crippen molar-refractivity contribution in [2.75, 3.05) is 13.1 Å². The van der Waals surface area contributed by atoms with Crippen LogP contribution in [0.25, 0.3) is 6.08 Å². The van der Waals surface area contributed by atoms with Crippen molar-refractivity contribution < 1.29 is 9.59 Å². The molecule has 0 radical (unpaired) electrons. The Bertz CT molecular complexity index is 683. The summed E-state index contributed by atoms with van der Waals surface area (Å²) in [5, 5.41) is 1.99. The second kappa shape index (κ2) is 7.38. The molecule has 1 fully saturated rings. The summed E-state index contributed by atoms with van der Waals surface area (Å²) in [6, 6.07) is 13.4. The lowest BCUT2D eigenvalue weighted by Gasteiger charge is -2.30. The number of piperidine rings is 1. The van der Waals surface area contributed by atoms with Crippen LogP contribution < -0.4 is 0 Å². The van der Waals surface area contributed by atoms with Crippen molar-refractivity contribution in [1.82, 2.24) is 4.90 Å². The average molecular weight is 325 g/mol. The van der Waals surface area contributed by atoms with Gasteiger partial charge >= 0.3 is 0 Å². The molecule has 118 valence electrons. The zero-order valence-corrected chi connectivity index (χ0v) is 13.7. The van der Waals surface area contributed by atoms with Gasteiger partial charge < -0.3 is 4.90 Å². The summed E-state index contributed by atoms with van der Waals surface area (Å²) in [6.45, 7) is 1.30. The van der Waals surface area contributed by atoms with Crippen LogP contribution in [0.5, 0.6) is 0 Å². The van der Waals surface area contributed by atoms with Crippen molar-refractivity contribution in [3.63, 3.8) is 0 Å². The standard InChI is InChI=1S/C19H19NO2S/c21-18(9-8-17-7-4-14-23-17)20-12-10-16(11-13-20)19(22)15-5-2-1-3-6-15/h1-9,14,16H,10-13H2/b9-8+. The Balaban J connectivity index is 1.54. The van der Waals surface area contributed by atoms with E-state index in [2.05, 4.69) is 0 Å². The van der Waals surface area contributed by atoms with Gasteiger partial charge in [0.2, 0.25) is 5.91 Å². The highest BCUT2D eigenvalue weighted by Gasteiger charge is 2.27. The van der Waals surface area contributed by atoms with E-state index in [4.69, 9.17) is 0 Å². The van der Waals surface area contributed by atoms with Crippen LogP contribution in [0.4, 0.5) is 0 Å². The second-order valence-corrected chi connectivity index (χ2v) is 6.66. The normalized spacial score (nSPS) is 15.9. The van der Waals surface area contributed by atoms with Gasteiger partial charge in [0.1, 0.15) is 0 Å². The number of carbonyl (C=O) groups is 2. The summed E-state index contributed by atoms with van der Waals surface area (Å²) in [6.07, 6.45) is 4.97. The van der Waals surface area contributed by atoms with Crippen molar-refractivity contribution >= 4 is 29.1 Å². The highest BCUT2D eigenvalue weighted by molar-refractivity contribution is 7.10. The first-order valence-electron chi connectivity index (χ1n) is 7.84. The molecule has 0 bridgehead atoms. The molecule has 1 aromatic heterocycles. The van der Waals surface area contributed by atoms with E-state index >= 15 is 0 Å². The predicted molar refractivity (Wildman–Crippen MR) is 93.4 cm³/mol. The zero-order valence-electron chi connectivity index (χ0n) is 12.9. The number of nitrogens with zero attached hydrogens (tertiary/aromatic N) is 1. The third kappa shape index (κ3) is 3.96. The van der Waals surface area contributed by atoms with E-state index < -0.39 is 0 Å². The fourth-order valence-corrected chi connectivity index (χ4v) is 3.46. The lowest BCUT2D eigenvalue weighted by atomic mass is 9.89. The molecule has 1 aliphatic rings. The minimum absolute atomic E-state index is 0.0303. The average Bonchev–Trinajstić information content (AvgIpc) is 3.13. The zero-order chi connectivity index (χ0) is 16.1. The number of rotatable bonds is 4. The van der Waals surface area contributed by atoms with Crippen LogP contribution in [0, 0.1) is 5.92 Å². The number of ketones is 1. The first-order chi connectivity index (χ1) is 11.2. The van der Waals surface area contributed by atoms with Gasteiger partial charge in [-0.05, 0) is 30.4 Å². The minimum atomic E-state index is 0.0303. The Hall–Kier alpha value is -2.20. The van der Waals surface area contributed by atoms with Crippen molar-refractivity contribution in [3.8, 4) is 0 Å². The van der Waals surface area contributed by atoms with Crippen molar-refractivity contribution in [2.24, 2.45) is 5.92 Å². The Kier molecular flexibility index (Phi) is 5.03. The van der Waals surface area contributed by atoms with Crippen LogP contribution in [0.15, 0.2) is 53.9 Å². The van der Waals surface area contributed by atoms with Gasteiger partial charge in [0.15, 0.2) is 5.78 Å². The Morgan fingerprint density at radius 3 is 2.43 bits per heavy atom. The first kappa shape index (κ1) is 15.7. The Labute approximate surface area is 140 Å². The van der Waals surface area contributed by atoms with Gasteiger partial charge in [-0.15, -0.1) is 11.3 Å². The molecule has 2 heterocycles. The molecule has 1 amide bonds. The van der Waals surface area contributed by atoms with Gasteiger partial charge in [0, 0.05) is 35.5 Å². The summed E-state index contributed by atoms with van der Waals surface area (Å²) < 4.78 is 0. The maximum Gasteiger partial charge on any atom is 0.246 e. The van der Waals surface area contributed by atoms with Gasteiger partial charge in [0.05, 0.1) is 0 Å². The molecule has 1 aliphatic heterocycles. The number of likely N-dealkylation sites (tertiary alicyclic amines) is 1. The van der Waals surface area contributed by atoms with Crippen LogP contribution >= 0.6 is 11.3 Å². The topological polar surface area (TPSA) is 37.4 Å². The van der Waals surface area contributed by atoms with Crippen molar-refractivity contribution in [1.29, 1.82) is 0 Å². The lowest BCUT2D eigenvalue weighted by molar-refractivity contribution is -0.127. The van der Waals surface area contributed by atoms with Gasteiger partial charge in [-0.3, -0.25) is 9.59 Å². The first-order valence-corrected chi connectivity index (χ1v) is 8.72. The summed E-state index contributed by atoms with van der Waals surface area (Å²) in [5.74, 6) is 0.263. The van der Waals surface area contributed by atoms with E-state index in [1.54, 1.807) is 17.4 Å². The van der Waals surface area contributed by atoms with Crippen molar-refractivity contribution in [3.05, 3.63) is 64.4 Å². The molecule has 1 saturated heterocycles. The number of Topliss-reactive ketones (excluding diaryl/α,β-unsaturated/α-hetero) is 1. The van der Waals surface area contributed by atoms with Gasteiger partial charge in [-0.1, -0.05) is 36.4 Å². The minimum Gasteiger partial charge on any atom is -0.339 e. The molecule has 23 heavy (non-hydrogen) atoms. The van der Waals surface area contributed by atoms with Crippen LogP contribution in [-0.2, 0) is 4.79 Å². The molecular formula is C19H19NO2S. The van der Waals surface area contributed by atoms with Gasteiger partial charge in [0.25, 0.3) is 0 Å². The van der Waals surface area contributed by atoms with Crippen LogP contribution in [0.3, 0.4) is 0 Å². The van der Waals surface area contributed by atoms with E-state index in [-0.39, 0.29) is 17.6 Å². The van der Waals surface area contributed by atoms with E-state index in [9.17, 15) is 9.59 Å². The molecule has 0 atom stereocenters. The van der Waals surface area contributed by atoms with E-state index in [1.165, 1.54) is 0 Å². The fraction of sp³-hybridized carbons (Fsp3) is 0.263. The van der Waals surface area contributed by atoms with Gasteiger partial charge in [-0.25, -0.2) is 0 Å². The number of benzene rings is 1. The molecule has 3 nitrogen and oxygen atoms in total. The third-order valence-corrected chi connectivity index (χ3v) is 5.01. The van der Waals surface area contributed by atoms with Crippen LogP contribution in [-0.4, -0.2) is 29.7 Å². The summed E-state index contributed by atoms with van der Waals surface area (Å²) in [5.41, 5.74) is 0.773. The summed E-state index contributed by atoms with van der Waals surface area (Å²) in [4.78, 5) is 27.5. The van der Waals surface area contributed by atoms with E-state index in [0.717, 1.165) is 23.3 Å². The molecule has 2 aromatic rings. The molecular weight excluding hydrogens is 306 g/mol. The maximum atomic E-state index is 12.4. The fourth-order valence-electron chi connectivity index (χ4n) is 2.85. The largest absolute Gasteiger partial charge is 0.339 e. The Morgan fingerprint density at radius 1 is 1.04 bits per heavy atom. The smallest absolute Gasteiger partial charge is 0.246 e. The van der Waals surface area contributed by atoms with Crippen molar-refractivity contribution in [2.45, 2.75) is 12.8 Å². The number of amides is 1. The lowest BCUT2D eigenvalue weighted by Crippen LogP contribution is -2.39. The maximum absolute atomic E-state index is 12.4. The molecule has 1 aromatic carbocycles. The monoisotopic (exact) mass is 325 g/mol. The second-order valence-electron chi connectivity index (χ2n) is 5.68. The molecule has 4 heteroatoms. The quantitative estimate of drug-likeness (QED) is 0.632. The predicted octanol–water partition coefficient (Wildman–Crippen LogP) is 3.88. The Morgan fingerprint density at radius 2 is 1.78 bits per heavy atom. The van der Waals surface area contributed by atoms with E-state index in [0.29, 0.717) is 13.1 Å². The highest BCUT2D eigenvalue weighted by atomic mass is 32.1. The van der Waals surface area contributed by atoms with Crippen LogP contribution in [0.1, 0.15) is 28.1 Å². The molecule has 0 saturated carbocycles. The molecule has 0 unspecified atom stereocenters. The number of carbonyl (C=O) groups excluding carboxylic acids is 2. The molecule has 0 N–H and O–H groups in total. The number of thiophene rings is 1. The SMILES string of the molecule is O=C(c1ccccc1)C1CCN(C(=O)/C=C/c2cccs2)CC1. The summed E-state index contributed by atoms with van der Waals surface area (Å²) >= 11 is 1.61. The number of hydrogen-bond donors (Lipinski definition) is 0. The van der Waals surface area contributed by atoms with Gasteiger partial charge in [-0.2, -0.15) is 0 Å². The summed E-state index contributed by atoms with van der Waals surface area (Å²) in [7, 11) is 0. The molecule has 0 aliphatic carbocycles. The molecule has 3 rings (SSSR count). The number of hydrogen-bond acceptors (Lipinski definition) is 3. The van der Waals surface area contributed by atoms with Crippen LogP contribution in [0.2, 0.25) is 0 Å². The van der Waals surface area contributed by atoms with E-state index in [1.807, 2.05) is 58.8 Å². The molecule has 0 spiro atoms. The third-order valence-electron chi connectivity index (χ3n) is 4.17.